The Kier molecular flexibility index (Phi) is 4.19. The zero-order chi connectivity index (χ0) is 14.5. The van der Waals surface area contributed by atoms with Gasteiger partial charge in [-0.05, 0) is 36.8 Å². The highest BCUT2D eigenvalue weighted by atomic mass is 16.5. The Morgan fingerprint density at radius 1 is 1.15 bits per heavy atom. The predicted octanol–water partition coefficient (Wildman–Crippen LogP) is 2.88. The number of hydrogen-bond acceptors (Lipinski definition) is 3. The molecule has 0 spiro atoms. The molecule has 0 aliphatic carbocycles. The summed E-state index contributed by atoms with van der Waals surface area (Å²) in [6, 6.07) is 13.6. The molecule has 2 aromatic carbocycles. The first-order valence-corrected chi connectivity index (χ1v) is 6.13. The lowest BCUT2D eigenvalue weighted by Crippen LogP contribution is -2.08. The molecule has 0 heterocycles. The summed E-state index contributed by atoms with van der Waals surface area (Å²) in [5.41, 5.74) is 2.15. The molecule has 0 aliphatic rings. The molecule has 0 fully saturated rings. The number of ether oxygens (including phenoxy) is 1. The summed E-state index contributed by atoms with van der Waals surface area (Å²) >= 11 is 0. The second-order valence-corrected chi connectivity index (χ2v) is 4.39. The van der Waals surface area contributed by atoms with Crippen molar-refractivity contribution in [3.8, 4) is 18.1 Å². The number of rotatable bonds is 3. The van der Waals surface area contributed by atoms with Gasteiger partial charge in [-0.2, -0.15) is 0 Å². The van der Waals surface area contributed by atoms with Gasteiger partial charge in [0.1, 0.15) is 11.9 Å². The van der Waals surface area contributed by atoms with Crippen LogP contribution in [0.4, 0.5) is 0 Å². The average molecular weight is 266 g/mol. The number of esters is 1. The highest BCUT2D eigenvalue weighted by Crippen LogP contribution is 2.18. The van der Waals surface area contributed by atoms with E-state index in [9.17, 15) is 9.90 Å². The van der Waals surface area contributed by atoms with E-state index in [2.05, 4.69) is 5.92 Å². The number of aryl methyl sites for hydroxylation is 1. The molecule has 0 amide bonds. The van der Waals surface area contributed by atoms with E-state index in [1.165, 1.54) is 0 Å². The third-order valence-corrected chi connectivity index (χ3v) is 2.85. The topological polar surface area (TPSA) is 46.5 Å². The van der Waals surface area contributed by atoms with E-state index in [4.69, 9.17) is 11.2 Å². The maximum atomic E-state index is 11.9. The van der Waals surface area contributed by atoms with Crippen LogP contribution in [0, 0.1) is 19.3 Å². The molecule has 2 aromatic rings. The van der Waals surface area contributed by atoms with Crippen molar-refractivity contribution in [3.05, 3.63) is 65.2 Å². The van der Waals surface area contributed by atoms with Crippen LogP contribution in [-0.4, -0.2) is 11.1 Å². The van der Waals surface area contributed by atoms with Crippen LogP contribution in [0.15, 0.2) is 48.5 Å². The summed E-state index contributed by atoms with van der Waals surface area (Å²) in [6.07, 6.45) is 4.18. The van der Waals surface area contributed by atoms with E-state index >= 15 is 0 Å². The molecule has 1 unspecified atom stereocenters. The number of carbonyl (C=O) groups excluding carboxylic acids is 1. The zero-order valence-electron chi connectivity index (χ0n) is 11.0. The van der Waals surface area contributed by atoms with Crippen LogP contribution in [0.1, 0.15) is 27.6 Å². The molecule has 2 rings (SSSR count). The highest BCUT2D eigenvalue weighted by Gasteiger charge is 2.09. The second kappa shape index (κ2) is 6.05. The van der Waals surface area contributed by atoms with E-state index in [0.717, 1.165) is 5.56 Å². The van der Waals surface area contributed by atoms with Gasteiger partial charge < -0.3 is 9.84 Å². The molecule has 1 N–H and O–H groups in total. The summed E-state index contributed by atoms with van der Waals surface area (Å²) in [5, 5.41) is 9.46. The van der Waals surface area contributed by atoms with Crippen LogP contribution in [0.2, 0.25) is 0 Å². The third kappa shape index (κ3) is 3.25. The third-order valence-electron chi connectivity index (χ3n) is 2.85. The molecule has 0 aromatic heterocycles. The fraction of sp³-hybridized carbons (Fsp3) is 0.118. The summed E-state index contributed by atoms with van der Waals surface area (Å²) in [4.78, 5) is 11.9. The van der Waals surface area contributed by atoms with Crippen LogP contribution in [0.3, 0.4) is 0 Å². The van der Waals surface area contributed by atoms with Gasteiger partial charge in [0.15, 0.2) is 0 Å². The van der Waals surface area contributed by atoms with Crippen molar-refractivity contribution < 1.29 is 14.6 Å². The molecule has 0 saturated carbocycles. The number of carbonyl (C=O) groups is 1. The zero-order valence-corrected chi connectivity index (χ0v) is 11.0. The lowest BCUT2D eigenvalue weighted by atomic mass is 10.1. The summed E-state index contributed by atoms with van der Waals surface area (Å²) < 4.78 is 5.24. The van der Waals surface area contributed by atoms with Crippen LogP contribution in [-0.2, 0) is 0 Å². The van der Waals surface area contributed by atoms with E-state index in [-0.39, 0.29) is 0 Å². The molecule has 3 heteroatoms. The van der Waals surface area contributed by atoms with Gasteiger partial charge in [0, 0.05) is 0 Å². The first kappa shape index (κ1) is 13.9. The largest absolute Gasteiger partial charge is 0.423 e. The monoisotopic (exact) mass is 266 g/mol. The van der Waals surface area contributed by atoms with Gasteiger partial charge >= 0.3 is 5.97 Å². The number of hydrogen-bond donors (Lipinski definition) is 1. The van der Waals surface area contributed by atoms with Gasteiger partial charge in [0.2, 0.25) is 0 Å². The Bertz CT molecular complexity index is 633. The summed E-state index contributed by atoms with van der Waals surface area (Å²) in [5.74, 6) is 2.21. The number of terminal acetylenes is 1. The SMILES string of the molecule is C#CC(O)c1ccc(OC(=O)c2ccc(C)cc2)cc1. The van der Waals surface area contributed by atoms with Crippen LogP contribution in [0.25, 0.3) is 0 Å². The fourth-order valence-electron chi connectivity index (χ4n) is 1.67. The van der Waals surface area contributed by atoms with Gasteiger partial charge in [-0.3, -0.25) is 0 Å². The predicted molar refractivity (Wildman–Crippen MR) is 76.4 cm³/mol. The Morgan fingerprint density at radius 2 is 1.75 bits per heavy atom. The minimum absolute atomic E-state index is 0.406. The molecule has 0 radical (unpaired) electrons. The average Bonchev–Trinajstić information content (AvgIpc) is 2.48. The minimum Gasteiger partial charge on any atom is -0.423 e. The number of aliphatic hydroxyl groups is 1. The fourth-order valence-corrected chi connectivity index (χ4v) is 1.67. The minimum atomic E-state index is -0.947. The van der Waals surface area contributed by atoms with Crippen molar-refractivity contribution in [2.75, 3.05) is 0 Å². The molecule has 0 bridgehead atoms. The number of benzene rings is 2. The molecule has 3 nitrogen and oxygen atoms in total. The Labute approximate surface area is 117 Å². The molecule has 0 aliphatic heterocycles. The van der Waals surface area contributed by atoms with Gasteiger partial charge in [-0.25, -0.2) is 4.79 Å². The highest BCUT2D eigenvalue weighted by molar-refractivity contribution is 5.91. The van der Waals surface area contributed by atoms with Gasteiger partial charge in [-0.15, -0.1) is 6.42 Å². The molecule has 1 atom stereocenters. The van der Waals surface area contributed by atoms with Crippen molar-refractivity contribution in [2.24, 2.45) is 0 Å². The normalized spacial score (nSPS) is 11.4. The maximum Gasteiger partial charge on any atom is 0.343 e. The quantitative estimate of drug-likeness (QED) is 0.528. The van der Waals surface area contributed by atoms with Crippen molar-refractivity contribution in [3.63, 3.8) is 0 Å². The standard InChI is InChI=1S/C17H14O3/c1-3-16(18)13-8-10-15(11-9-13)20-17(19)14-6-4-12(2)5-7-14/h1,4-11,16,18H,2H3. The molecule has 20 heavy (non-hydrogen) atoms. The van der Waals surface area contributed by atoms with E-state index < -0.39 is 12.1 Å². The van der Waals surface area contributed by atoms with Crippen LogP contribution >= 0.6 is 0 Å². The Morgan fingerprint density at radius 3 is 2.30 bits per heavy atom. The van der Waals surface area contributed by atoms with Gasteiger partial charge in [0.25, 0.3) is 0 Å². The molecular formula is C17H14O3. The van der Waals surface area contributed by atoms with Crippen molar-refractivity contribution >= 4 is 5.97 Å². The van der Waals surface area contributed by atoms with E-state index in [1.807, 2.05) is 19.1 Å². The van der Waals surface area contributed by atoms with Crippen LogP contribution in [0.5, 0.6) is 5.75 Å². The van der Waals surface area contributed by atoms with Crippen molar-refractivity contribution in [1.82, 2.24) is 0 Å². The molecule has 0 saturated heterocycles. The number of aliphatic hydroxyl groups excluding tert-OH is 1. The summed E-state index contributed by atoms with van der Waals surface area (Å²) in [6.45, 7) is 1.95. The Hall–Kier alpha value is -2.57. The second-order valence-electron chi connectivity index (χ2n) is 4.39. The van der Waals surface area contributed by atoms with E-state index in [0.29, 0.717) is 16.9 Å². The summed E-state index contributed by atoms with van der Waals surface area (Å²) in [7, 11) is 0. The molecule has 100 valence electrons. The maximum absolute atomic E-state index is 11.9. The first-order valence-electron chi connectivity index (χ1n) is 6.13. The lowest BCUT2D eigenvalue weighted by molar-refractivity contribution is 0.0734. The van der Waals surface area contributed by atoms with Crippen molar-refractivity contribution in [2.45, 2.75) is 13.0 Å². The van der Waals surface area contributed by atoms with Crippen molar-refractivity contribution in [1.29, 1.82) is 0 Å². The first-order chi connectivity index (χ1) is 9.60. The lowest BCUT2D eigenvalue weighted by Gasteiger charge is -2.07. The van der Waals surface area contributed by atoms with Gasteiger partial charge in [-0.1, -0.05) is 35.7 Å². The van der Waals surface area contributed by atoms with Gasteiger partial charge in [0.05, 0.1) is 5.56 Å². The van der Waals surface area contributed by atoms with Crippen LogP contribution < -0.4 is 4.74 Å². The smallest absolute Gasteiger partial charge is 0.343 e. The Balaban J connectivity index is 2.08. The van der Waals surface area contributed by atoms with E-state index in [1.54, 1.807) is 36.4 Å². The molecular weight excluding hydrogens is 252 g/mol.